The third kappa shape index (κ3) is 6.79. The predicted octanol–water partition coefficient (Wildman–Crippen LogP) is -0.0486. The summed E-state index contributed by atoms with van der Waals surface area (Å²) in [5.41, 5.74) is 0.812. The Morgan fingerprint density at radius 2 is 1.87 bits per heavy atom. The minimum absolute atomic E-state index is 0.0761. The van der Waals surface area contributed by atoms with Gasteiger partial charge < -0.3 is 25.2 Å². The van der Waals surface area contributed by atoms with E-state index >= 15 is 0 Å². The van der Waals surface area contributed by atoms with E-state index in [9.17, 15) is 19.5 Å². The maximum atomic E-state index is 11.7. The summed E-state index contributed by atoms with van der Waals surface area (Å²) in [6.07, 6.45) is -1.90. The summed E-state index contributed by atoms with van der Waals surface area (Å²) in [5.74, 6) is -1.43. The summed E-state index contributed by atoms with van der Waals surface area (Å²) in [4.78, 5) is 34.5. The molecule has 0 heterocycles. The normalized spacial score (nSPS) is 12.7. The van der Waals surface area contributed by atoms with Gasteiger partial charge in [-0.3, -0.25) is 4.79 Å². The van der Waals surface area contributed by atoms with Crippen LogP contribution in [0, 0.1) is 0 Å². The smallest absolute Gasteiger partial charge is 0.407 e. The third-order valence-corrected chi connectivity index (χ3v) is 2.86. The van der Waals surface area contributed by atoms with E-state index < -0.39 is 36.7 Å². The van der Waals surface area contributed by atoms with Gasteiger partial charge in [0.05, 0.1) is 13.2 Å². The van der Waals surface area contributed by atoms with Crippen LogP contribution in [-0.2, 0) is 25.7 Å². The molecule has 0 aliphatic carbocycles. The fourth-order valence-corrected chi connectivity index (χ4v) is 1.65. The zero-order valence-electron chi connectivity index (χ0n) is 12.9. The highest BCUT2D eigenvalue weighted by atomic mass is 16.5. The molecule has 0 radical (unpaired) electrons. The van der Waals surface area contributed by atoms with E-state index in [-0.39, 0.29) is 6.61 Å². The summed E-state index contributed by atoms with van der Waals surface area (Å²) < 4.78 is 9.39. The van der Waals surface area contributed by atoms with E-state index in [1.165, 1.54) is 6.92 Å². The molecule has 8 heteroatoms. The van der Waals surface area contributed by atoms with Crippen molar-refractivity contribution in [1.82, 2.24) is 10.6 Å². The van der Waals surface area contributed by atoms with Gasteiger partial charge >= 0.3 is 12.1 Å². The standard InChI is InChI=1S/C15H20N2O6/c1-10(18)13(14(20)22-2)17-12(19)8-16-15(21)23-9-11-6-4-3-5-7-11/h3-7,10,13,18H,8-9H2,1-2H3,(H,16,21)(H,17,19). The molecule has 126 valence electrons. The molecule has 0 saturated heterocycles. The Labute approximate surface area is 133 Å². The molecular formula is C15H20N2O6. The Balaban J connectivity index is 2.34. The Bertz CT molecular complexity index is 532. The molecule has 1 aromatic carbocycles. The number of alkyl carbamates (subject to hydrolysis) is 1. The van der Waals surface area contributed by atoms with Gasteiger partial charge in [-0.25, -0.2) is 9.59 Å². The van der Waals surface area contributed by atoms with E-state index in [1.54, 1.807) is 12.1 Å². The first kappa shape index (κ1) is 18.4. The van der Waals surface area contributed by atoms with Gasteiger partial charge in [0.15, 0.2) is 6.04 Å². The number of aliphatic hydroxyl groups excluding tert-OH is 1. The second-order valence-electron chi connectivity index (χ2n) is 4.72. The van der Waals surface area contributed by atoms with Crippen molar-refractivity contribution in [2.24, 2.45) is 0 Å². The number of esters is 1. The largest absolute Gasteiger partial charge is 0.467 e. The van der Waals surface area contributed by atoms with Crippen molar-refractivity contribution in [2.45, 2.75) is 25.7 Å². The first-order valence-electron chi connectivity index (χ1n) is 6.94. The van der Waals surface area contributed by atoms with Crippen molar-refractivity contribution in [3.8, 4) is 0 Å². The Morgan fingerprint density at radius 1 is 1.22 bits per heavy atom. The first-order valence-corrected chi connectivity index (χ1v) is 6.94. The van der Waals surface area contributed by atoms with Crippen molar-refractivity contribution < 1.29 is 29.0 Å². The van der Waals surface area contributed by atoms with Gasteiger partial charge in [-0.2, -0.15) is 0 Å². The van der Waals surface area contributed by atoms with Gasteiger partial charge in [0.25, 0.3) is 0 Å². The number of amides is 2. The summed E-state index contributed by atoms with van der Waals surface area (Å²) >= 11 is 0. The number of carbonyl (C=O) groups excluding carboxylic acids is 3. The molecule has 0 aliphatic heterocycles. The second kappa shape index (κ2) is 9.42. The van der Waals surface area contributed by atoms with E-state index in [2.05, 4.69) is 15.4 Å². The van der Waals surface area contributed by atoms with Gasteiger partial charge in [-0.05, 0) is 12.5 Å². The van der Waals surface area contributed by atoms with Gasteiger partial charge in [0, 0.05) is 0 Å². The van der Waals surface area contributed by atoms with Crippen molar-refractivity contribution in [3.63, 3.8) is 0 Å². The molecule has 2 amide bonds. The van der Waals surface area contributed by atoms with Crippen LogP contribution in [0.3, 0.4) is 0 Å². The van der Waals surface area contributed by atoms with Crippen molar-refractivity contribution >= 4 is 18.0 Å². The zero-order chi connectivity index (χ0) is 17.2. The number of ether oxygens (including phenoxy) is 2. The van der Waals surface area contributed by atoms with Crippen LogP contribution >= 0.6 is 0 Å². The lowest BCUT2D eigenvalue weighted by atomic mass is 10.2. The number of hydrogen-bond donors (Lipinski definition) is 3. The van der Waals surface area contributed by atoms with Crippen LogP contribution < -0.4 is 10.6 Å². The van der Waals surface area contributed by atoms with Gasteiger partial charge in [0.2, 0.25) is 5.91 Å². The molecule has 0 aromatic heterocycles. The van der Waals surface area contributed by atoms with Crippen LogP contribution in [0.1, 0.15) is 12.5 Å². The highest BCUT2D eigenvalue weighted by Crippen LogP contribution is 2.00. The number of rotatable bonds is 7. The van der Waals surface area contributed by atoms with E-state index in [1.807, 2.05) is 18.2 Å². The lowest BCUT2D eigenvalue weighted by Gasteiger charge is -2.18. The van der Waals surface area contributed by atoms with Crippen molar-refractivity contribution in [2.75, 3.05) is 13.7 Å². The summed E-state index contributed by atoms with van der Waals surface area (Å²) in [5, 5.41) is 13.9. The Morgan fingerprint density at radius 3 is 2.43 bits per heavy atom. The molecule has 0 spiro atoms. The molecule has 2 atom stereocenters. The Hall–Kier alpha value is -2.61. The maximum Gasteiger partial charge on any atom is 0.407 e. The topological polar surface area (TPSA) is 114 Å². The maximum absolute atomic E-state index is 11.7. The Kier molecular flexibility index (Phi) is 7.55. The van der Waals surface area contributed by atoms with Crippen LogP contribution in [0.4, 0.5) is 4.79 Å². The van der Waals surface area contributed by atoms with Crippen LogP contribution in [0.5, 0.6) is 0 Å². The molecule has 0 saturated carbocycles. The predicted molar refractivity (Wildman–Crippen MR) is 80.3 cm³/mol. The number of benzene rings is 1. The van der Waals surface area contributed by atoms with Crippen LogP contribution in [0.2, 0.25) is 0 Å². The summed E-state index contributed by atoms with van der Waals surface area (Å²) in [6.45, 7) is 1.02. The van der Waals surface area contributed by atoms with Crippen LogP contribution in [0.25, 0.3) is 0 Å². The fourth-order valence-electron chi connectivity index (χ4n) is 1.65. The first-order chi connectivity index (χ1) is 10.9. The number of carbonyl (C=O) groups is 3. The number of hydrogen-bond acceptors (Lipinski definition) is 6. The molecule has 3 N–H and O–H groups in total. The van der Waals surface area contributed by atoms with Gasteiger partial charge in [-0.15, -0.1) is 0 Å². The molecule has 1 rings (SSSR count). The number of methoxy groups -OCH3 is 1. The number of aliphatic hydroxyl groups is 1. The highest BCUT2D eigenvalue weighted by molar-refractivity contribution is 5.87. The van der Waals surface area contributed by atoms with Crippen molar-refractivity contribution in [1.29, 1.82) is 0 Å². The lowest BCUT2D eigenvalue weighted by molar-refractivity contribution is -0.147. The van der Waals surface area contributed by atoms with E-state index in [0.717, 1.165) is 12.7 Å². The van der Waals surface area contributed by atoms with Gasteiger partial charge in [0.1, 0.15) is 13.2 Å². The lowest BCUT2D eigenvalue weighted by Crippen LogP contribution is -2.51. The molecule has 0 aliphatic rings. The minimum atomic E-state index is -1.20. The summed E-state index contributed by atoms with van der Waals surface area (Å²) in [7, 11) is 1.14. The van der Waals surface area contributed by atoms with E-state index in [0.29, 0.717) is 0 Å². The minimum Gasteiger partial charge on any atom is -0.467 e. The molecule has 8 nitrogen and oxygen atoms in total. The fraction of sp³-hybridized carbons (Fsp3) is 0.400. The quantitative estimate of drug-likeness (QED) is 0.606. The molecule has 0 bridgehead atoms. The third-order valence-electron chi connectivity index (χ3n) is 2.86. The van der Waals surface area contributed by atoms with Crippen molar-refractivity contribution in [3.05, 3.63) is 35.9 Å². The average Bonchev–Trinajstić information content (AvgIpc) is 2.55. The molecular weight excluding hydrogens is 304 g/mol. The van der Waals surface area contributed by atoms with Crippen LogP contribution in [0.15, 0.2) is 30.3 Å². The van der Waals surface area contributed by atoms with E-state index in [4.69, 9.17) is 4.74 Å². The molecule has 0 fully saturated rings. The molecule has 2 unspecified atom stereocenters. The number of nitrogens with one attached hydrogen (secondary N) is 2. The monoisotopic (exact) mass is 324 g/mol. The highest BCUT2D eigenvalue weighted by Gasteiger charge is 2.26. The SMILES string of the molecule is COC(=O)C(NC(=O)CNC(=O)OCc1ccccc1)C(C)O. The molecule has 23 heavy (non-hydrogen) atoms. The van der Waals surface area contributed by atoms with Crippen LogP contribution in [-0.4, -0.2) is 48.9 Å². The average molecular weight is 324 g/mol. The zero-order valence-corrected chi connectivity index (χ0v) is 12.9. The summed E-state index contributed by atoms with van der Waals surface area (Å²) in [6, 6.07) is 7.86. The second-order valence-corrected chi connectivity index (χ2v) is 4.72. The van der Waals surface area contributed by atoms with Gasteiger partial charge in [-0.1, -0.05) is 30.3 Å². The molecule has 1 aromatic rings.